The molecular formula is C26H46O3. The Kier molecular flexibility index (Phi) is 19.0. The third-order valence-corrected chi connectivity index (χ3v) is 5.44. The fraction of sp³-hybridized carbons (Fsp3) is 0.769. The van der Waals surface area contributed by atoms with Gasteiger partial charge in [-0.3, -0.25) is 9.59 Å². The molecule has 0 N–H and O–H groups in total. The Morgan fingerprint density at radius 3 is 1.34 bits per heavy atom. The minimum atomic E-state index is -0.319. The highest BCUT2D eigenvalue weighted by molar-refractivity contribution is 5.87. The minimum absolute atomic E-state index is 0.153. The van der Waals surface area contributed by atoms with Crippen LogP contribution in [0.4, 0.5) is 0 Å². The molecule has 0 bridgehead atoms. The van der Waals surface area contributed by atoms with Crippen LogP contribution in [0.25, 0.3) is 0 Å². The topological polar surface area (TPSA) is 43.4 Å². The van der Waals surface area contributed by atoms with Gasteiger partial charge in [-0.2, -0.15) is 0 Å². The van der Waals surface area contributed by atoms with Crippen LogP contribution in [0, 0.1) is 11.8 Å². The Balaban J connectivity index is 4.17. The van der Waals surface area contributed by atoms with Gasteiger partial charge < -0.3 is 4.74 Å². The summed E-state index contributed by atoms with van der Waals surface area (Å²) in [7, 11) is 0. The second-order valence-electron chi connectivity index (χ2n) is 8.04. The summed E-state index contributed by atoms with van der Waals surface area (Å²) in [5, 5.41) is 0. The summed E-state index contributed by atoms with van der Waals surface area (Å²) in [5.74, 6) is -0.945. The summed E-state index contributed by atoms with van der Waals surface area (Å²) in [6.07, 6.45) is 23.0. The van der Waals surface area contributed by atoms with Crippen molar-refractivity contribution < 1.29 is 14.3 Å². The number of hydrogen-bond acceptors (Lipinski definition) is 3. The van der Waals surface area contributed by atoms with Crippen LogP contribution >= 0.6 is 0 Å². The predicted octanol–water partition coefficient (Wildman–Crippen LogP) is 7.94. The summed E-state index contributed by atoms with van der Waals surface area (Å²) in [6.45, 7) is 8.36. The molecule has 3 nitrogen and oxygen atoms in total. The average molecular weight is 407 g/mol. The van der Waals surface area contributed by atoms with Gasteiger partial charge in [0.05, 0.1) is 11.8 Å². The van der Waals surface area contributed by atoms with Gasteiger partial charge in [0.1, 0.15) is 0 Å². The van der Waals surface area contributed by atoms with Crippen molar-refractivity contribution in [3.8, 4) is 0 Å². The number of unbranched alkanes of at least 4 members (excludes halogenated alkanes) is 6. The Morgan fingerprint density at radius 1 is 0.621 bits per heavy atom. The van der Waals surface area contributed by atoms with Crippen molar-refractivity contribution in [2.75, 3.05) is 0 Å². The molecule has 0 heterocycles. The smallest absolute Gasteiger partial charge is 0.316 e. The van der Waals surface area contributed by atoms with Crippen LogP contribution < -0.4 is 0 Å². The molecule has 0 saturated carbocycles. The van der Waals surface area contributed by atoms with Gasteiger partial charge in [-0.25, -0.2) is 0 Å². The zero-order valence-electron chi connectivity index (χ0n) is 19.6. The van der Waals surface area contributed by atoms with Gasteiger partial charge in [-0.1, -0.05) is 77.7 Å². The number of hydrogen-bond donors (Lipinski definition) is 0. The number of carbonyl (C=O) groups excluding carboxylic acids is 2. The summed E-state index contributed by atoms with van der Waals surface area (Å²) in [5.41, 5.74) is 0. The molecular weight excluding hydrogens is 360 g/mol. The van der Waals surface area contributed by atoms with Gasteiger partial charge in [0.25, 0.3) is 0 Å². The molecule has 0 aromatic carbocycles. The average Bonchev–Trinajstić information content (AvgIpc) is 2.72. The second-order valence-corrected chi connectivity index (χ2v) is 8.04. The van der Waals surface area contributed by atoms with E-state index in [9.17, 15) is 9.59 Å². The Labute approximate surface area is 180 Å². The summed E-state index contributed by atoms with van der Waals surface area (Å²) in [6, 6.07) is 0. The largest absolute Gasteiger partial charge is 0.393 e. The SMILES string of the molecule is CCCC=CCCCCC(CC)C(=O)OC(=O)C(CC)CCCCC=CCCC. The van der Waals surface area contributed by atoms with Crippen LogP contribution in [0.5, 0.6) is 0 Å². The maximum atomic E-state index is 12.4. The highest BCUT2D eigenvalue weighted by atomic mass is 16.6. The van der Waals surface area contributed by atoms with Gasteiger partial charge >= 0.3 is 11.9 Å². The maximum absolute atomic E-state index is 12.4. The molecule has 0 spiro atoms. The molecule has 168 valence electrons. The number of ether oxygens (including phenoxy) is 1. The molecule has 0 aromatic rings. The standard InChI is InChI=1S/C26H46O3/c1-5-9-11-13-15-17-19-21-23(7-3)25(27)29-26(28)24(8-4)22-20-18-16-14-12-10-6-2/h11-14,23-24H,5-10,15-22H2,1-4H3. The Bertz CT molecular complexity index is 423. The Morgan fingerprint density at radius 2 is 1.00 bits per heavy atom. The molecule has 2 unspecified atom stereocenters. The third kappa shape index (κ3) is 15.2. The van der Waals surface area contributed by atoms with Crippen molar-refractivity contribution >= 4 is 11.9 Å². The van der Waals surface area contributed by atoms with E-state index in [2.05, 4.69) is 38.2 Å². The maximum Gasteiger partial charge on any atom is 0.316 e. The number of rotatable bonds is 18. The summed E-state index contributed by atoms with van der Waals surface area (Å²) >= 11 is 0. The molecule has 0 amide bonds. The first-order valence-corrected chi connectivity index (χ1v) is 12.2. The molecule has 2 atom stereocenters. The second kappa shape index (κ2) is 19.9. The van der Waals surface area contributed by atoms with Crippen molar-refractivity contribution in [3.63, 3.8) is 0 Å². The van der Waals surface area contributed by atoms with Crippen molar-refractivity contribution in [2.24, 2.45) is 11.8 Å². The normalized spacial score (nSPS) is 13.8. The first-order chi connectivity index (χ1) is 14.1. The van der Waals surface area contributed by atoms with Gasteiger partial charge in [0, 0.05) is 0 Å². The van der Waals surface area contributed by atoms with E-state index < -0.39 is 0 Å². The van der Waals surface area contributed by atoms with Gasteiger partial charge in [-0.05, 0) is 64.2 Å². The molecule has 0 radical (unpaired) electrons. The van der Waals surface area contributed by atoms with E-state index in [1.54, 1.807) is 0 Å². The molecule has 0 fully saturated rings. The van der Waals surface area contributed by atoms with Gasteiger partial charge in [0.2, 0.25) is 0 Å². The van der Waals surface area contributed by atoms with E-state index in [4.69, 9.17) is 4.74 Å². The fourth-order valence-corrected chi connectivity index (χ4v) is 3.35. The molecule has 0 saturated heterocycles. The molecule has 29 heavy (non-hydrogen) atoms. The third-order valence-electron chi connectivity index (χ3n) is 5.44. The van der Waals surface area contributed by atoms with E-state index in [1.165, 1.54) is 12.8 Å². The first-order valence-electron chi connectivity index (χ1n) is 12.2. The number of carbonyl (C=O) groups is 2. The quantitative estimate of drug-likeness (QED) is 0.100. The zero-order chi connectivity index (χ0) is 21.7. The molecule has 3 heteroatoms. The van der Waals surface area contributed by atoms with E-state index >= 15 is 0 Å². The van der Waals surface area contributed by atoms with Crippen molar-refractivity contribution in [3.05, 3.63) is 24.3 Å². The van der Waals surface area contributed by atoms with Gasteiger partial charge in [0.15, 0.2) is 0 Å². The number of allylic oxidation sites excluding steroid dienone is 4. The number of esters is 2. The summed E-state index contributed by atoms with van der Waals surface area (Å²) in [4.78, 5) is 24.8. The minimum Gasteiger partial charge on any atom is -0.393 e. The lowest BCUT2D eigenvalue weighted by molar-refractivity contribution is -0.166. The van der Waals surface area contributed by atoms with Crippen LogP contribution in [0.3, 0.4) is 0 Å². The van der Waals surface area contributed by atoms with Gasteiger partial charge in [-0.15, -0.1) is 0 Å². The van der Waals surface area contributed by atoms with Crippen LogP contribution in [0.2, 0.25) is 0 Å². The van der Waals surface area contributed by atoms with Crippen LogP contribution in [-0.4, -0.2) is 11.9 Å². The lowest BCUT2D eigenvalue weighted by Crippen LogP contribution is -2.25. The van der Waals surface area contributed by atoms with Crippen LogP contribution in [0.15, 0.2) is 24.3 Å². The zero-order valence-corrected chi connectivity index (χ0v) is 19.6. The Hall–Kier alpha value is -1.38. The molecule has 0 aliphatic carbocycles. The van der Waals surface area contributed by atoms with Crippen molar-refractivity contribution in [1.29, 1.82) is 0 Å². The molecule has 0 rings (SSSR count). The lowest BCUT2D eigenvalue weighted by Gasteiger charge is -2.16. The molecule has 0 aromatic heterocycles. The monoisotopic (exact) mass is 406 g/mol. The summed E-state index contributed by atoms with van der Waals surface area (Å²) < 4.78 is 5.27. The molecule has 0 aliphatic rings. The van der Waals surface area contributed by atoms with E-state index in [0.29, 0.717) is 0 Å². The highest BCUT2D eigenvalue weighted by Crippen LogP contribution is 2.20. The van der Waals surface area contributed by atoms with E-state index in [0.717, 1.165) is 77.0 Å². The van der Waals surface area contributed by atoms with E-state index in [1.807, 2.05) is 13.8 Å². The first kappa shape index (κ1) is 27.6. The predicted molar refractivity (Wildman–Crippen MR) is 124 cm³/mol. The van der Waals surface area contributed by atoms with Crippen LogP contribution in [-0.2, 0) is 14.3 Å². The van der Waals surface area contributed by atoms with Crippen LogP contribution in [0.1, 0.15) is 118 Å². The fourth-order valence-electron chi connectivity index (χ4n) is 3.35. The van der Waals surface area contributed by atoms with Crippen molar-refractivity contribution in [2.45, 2.75) is 118 Å². The van der Waals surface area contributed by atoms with E-state index in [-0.39, 0.29) is 23.8 Å². The molecule has 0 aliphatic heterocycles. The lowest BCUT2D eigenvalue weighted by atomic mass is 9.97. The highest BCUT2D eigenvalue weighted by Gasteiger charge is 2.25. The van der Waals surface area contributed by atoms with Crippen molar-refractivity contribution in [1.82, 2.24) is 0 Å².